The fourth-order valence-corrected chi connectivity index (χ4v) is 3.64. The van der Waals surface area contributed by atoms with Crippen molar-refractivity contribution in [3.63, 3.8) is 0 Å². The molecule has 3 rings (SSSR count). The van der Waals surface area contributed by atoms with Crippen molar-refractivity contribution in [3.05, 3.63) is 0 Å². The second-order valence-electron chi connectivity index (χ2n) is 5.68. The second kappa shape index (κ2) is 3.80. The Morgan fingerprint density at radius 1 is 1.13 bits per heavy atom. The summed E-state index contributed by atoms with van der Waals surface area (Å²) in [5.41, 5.74) is 1.43. The lowest BCUT2D eigenvalue weighted by Gasteiger charge is -2.23. The third-order valence-corrected chi connectivity index (χ3v) is 4.44. The topological polar surface area (TPSA) is 21.6 Å². The first kappa shape index (κ1) is 9.68. The van der Waals surface area contributed by atoms with Gasteiger partial charge in [0, 0.05) is 11.8 Å². The molecule has 0 aromatic carbocycles. The molecule has 0 spiro atoms. The Balaban J connectivity index is 1.71. The molecule has 3 unspecified atom stereocenters. The predicted octanol–water partition coefficient (Wildman–Crippen LogP) is 3.37. The highest BCUT2D eigenvalue weighted by molar-refractivity contribution is 5.90. The standard InChI is InChI=1S/C13H21NO/c1-9-7-11-12(8-9)15-14-13(11)10-5-3-2-4-6-10/h9-12H,2-8H2,1H3. The van der Waals surface area contributed by atoms with Crippen molar-refractivity contribution in [2.24, 2.45) is 22.9 Å². The molecule has 2 nitrogen and oxygen atoms in total. The molecule has 3 atom stereocenters. The molecule has 0 amide bonds. The summed E-state index contributed by atoms with van der Waals surface area (Å²) >= 11 is 0. The van der Waals surface area contributed by atoms with E-state index < -0.39 is 0 Å². The van der Waals surface area contributed by atoms with Gasteiger partial charge >= 0.3 is 0 Å². The van der Waals surface area contributed by atoms with Crippen LogP contribution in [0.4, 0.5) is 0 Å². The molecule has 1 heterocycles. The fourth-order valence-electron chi connectivity index (χ4n) is 3.64. The molecule has 2 aliphatic carbocycles. The van der Waals surface area contributed by atoms with Crippen molar-refractivity contribution in [1.82, 2.24) is 0 Å². The van der Waals surface area contributed by atoms with Crippen LogP contribution in [-0.4, -0.2) is 11.8 Å². The van der Waals surface area contributed by atoms with E-state index in [4.69, 9.17) is 4.84 Å². The van der Waals surface area contributed by atoms with E-state index in [9.17, 15) is 0 Å². The number of rotatable bonds is 1. The summed E-state index contributed by atoms with van der Waals surface area (Å²) in [7, 11) is 0. The molecule has 84 valence electrons. The zero-order valence-electron chi connectivity index (χ0n) is 9.61. The first-order valence-corrected chi connectivity index (χ1v) is 6.58. The van der Waals surface area contributed by atoms with Crippen LogP contribution in [0.1, 0.15) is 51.9 Å². The Labute approximate surface area is 92.1 Å². The van der Waals surface area contributed by atoms with E-state index in [0.717, 1.165) is 11.8 Å². The molecule has 3 aliphatic rings. The van der Waals surface area contributed by atoms with Gasteiger partial charge in [0.1, 0.15) is 6.10 Å². The molecule has 1 aliphatic heterocycles. The van der Waals surface area contributed by atoms with Crippen molar-refractivity contribution < 1.29 is 4.84 Å². The van der Waals surface area contributed by atoms with Crippen LogP contribution in [0, 0.1) is 17.8 Å². The summed E-state index contributed by atoms with van der Waals surface area (Å²) < 4.78 is 0. The van der Waals surface area contributed by atoms with E-state index in [1.54, 1.807) is 0 Å². The van der Waals surface area contributed by atoms with Crippen molar-refractivity contribution in [2.75, 3.05) is 0 Å². The molecule has 0 bridgehead atoms. The highest BCUT2D eigenvalue weighted by atomic mass is 16.6. The summed E-state index contributed by atoms with van der Waals surface area (Å²) in [5, 5.41) is 4.39. The Morgan fingerprint density at radius 2 is 1.93 bits per heavy atom. The monoisotopic (exact) mass is 207 g/mol. The zero-order chi connectivity index (χ0) is 10.3. The molecular weight excluding hydrogens is 186 g/mol. The largest absolute Gasteiger partial charge is 0.392 e. The van der Waals surface area contributed by atoms with Crippen LogP contribution in [0.15, 0.2) is 5.16 Å². The minimum absolute atomic E-state index is 0.442. The van der Waals surface area contributed by atoms with E-state index in [2.05, 4.69) is 12.1 Å². The second-order valence-corrected chi connectivity index (χ2v) is 5.68. The molecule has 2 saturated carbocycles. The third kappa shape index (κ3) is 1.68. The summed E-state index contributed by atoms with van der Waals surface area (Å²) in [4.78, 5) is 5.60. The molecule has 0 radical (unpaired) electrons. The van der Waals surface area contributed by atoms with E-state index in [1.165, 1.54) is 50.7 Å². The van der Waals surface area contributed by atoms with E-state index in [-0.39, 0.29) is 0 Å². The SMILES string of the molecule is CC1CC2ON=C(C3CCCCC3)C2C1. The number of oxime groups is 1. The van der Waals surface area contributed by atoms with Crippen molar-refractivity contribution in [2.45, 2.75) is 58.0 Å². The Bertz CT molecular complexity index is 268. The normalized spacial score (nSPS) is 41.1. The molecule has 2 heteroatoms. The van der Waals surface area contributed by atoms with Crippen LogP contribution in [0.5, 0.6) is 0 Å². The minimum Gasteiger partial charge on any atom is -0.392 e. The fraction of sp³-hybridized carbons (Fsp3) is 0.923. The van der Waals surface area contributed by atoms with Gasteiger partial charge in [0.05, 0.1) is 5.71 Å². The van der Waals surface area contributed by atoms with Crippen molar-refractivity contribution >= 4 is 5.71 Å². The van der Waals surface area contributed by atoms with Gasteiger partial charge in [0.2, 0.25) is 0 Å². The molecule has 0 aromatic rings. The molecule has 2 fully saturated rings. The highest BCUT2D eigenvalue weighted by Crippen LogP contribution is 2.42. The maximum absolute atomic E-state index is 5.60. The average molecular weight is 207 g/mol. The van der Waals surface area contributed by atoms with Crippen LogP contribution >= 0.6 is 0 Å². The molecule has 15 heavy (non-hydrogen) atoms. The minimum atomic E-state index is 0.442. The number of hydrogen-bond acceptors (Lipinski definition) is 2. The van der Waals surface area contributed by atoms with Crippen molar-refractivity contribution in [3.8, 4) is 0 Å². The first-order valence-electron chi connectivity index (χ1n) is 6.58. The lowest BCUT2D eigenvalue weighted by Crippen LogP contribution is -2.25. The van der Waals surface area contributed by atoms with Gasteiger partial charge in [-0.25, -0.2) is 0 Å². The maximum Gasteiger partial charge on any atom is 0.135 e. The van der Waals surface area contributed by atoms with Crippen LogP contribution in [0.2, 0.25) is 0 Å². The number of fused-ring (bicyclic) bond motifs is 1. The molecule has 0 aromatic heterocycles. The van der Waals surface area contributed by atoms with Crippen LogP contribution in [0.25, 0.3) is 0 Å². The first-order chi connectivity index (χ1) is 7.34. The molecule has 0 N–H and O–H groups in total. The Hall–Kier alpha value is -0.530. The summed E-state index contributed by atoms with van der Waals surface area (Å²) in [6.45, 7) is 2.35. The number of hydrogen-bond donors (Lipinski definition) is 0. The van der Waals surface area contributed by atoms with Crippen molar-refractivity contribution in [1.29, 1.82) is 0 Å². The third-order valence-electron chi connectivity index (χ3n) is 4.44. The highest BCUT2D eigenvalue weighted by Gasteiger charge is 2.43. The summed E-state index contributed by atoms with van der Waals surface area (Å²) in [6, 6.07) is 0. The maximum atomic E-state index is 5.60. The van der Waals surface area contributed by atoms with E-state index in [0.29, 0.717) is 12.0 Å². The van der Waals surface area contributed by atoms with Gasteiger partial charge in [-0.15, -0.1) is 0 Å². The summed E-state index contributed by atoms with van der Waals surface area (Å²) in [6.07, 6.45) is 9.93. The van der Waals surface area contributed by atoms with Gasteiger partial charge in [0.15, 0.2) is 0 Å². The van der Waals surface area contributed by atoms with Gasteiger partial charge in [-0.05, 0) is 31.6 Å². The smallest absolute Gasteiger partial charge is 0.135 e. The molecular formula is C13H21NO. The van der Waals surface area contributed by atoms with Gasteiger partial charge in [0.25, 0.3) is 0 Å². The quantitative estimate of drug-likeness (QED) is 0.646. The Morgan fingerprint density at radius 3 is 2.73 bits per heavy atom. The lowest BCUT2D eigenvalue weighted by atomic mass is 9.80. The van der Waals surface area contributed by atoms with Gasteiger partial charge in [-0.2, -0.15) is 0 Å². The zero-order valence-corrected chi connectivity index (χ0v) is 9.61. The van der Waals surface area contributed by atoms with Gasteiger partial charge in [-0.1, -0.05) is 31.3 Å². The average Bonchev–Trinajstić information content (AvgIpc) is 2.77. The molecule has 0 saturated heterocycles. The van der Waals surface area contributed by atoms with Crippen LogP contribution in [0.3, 0.4) is 0 Å². The predicted molar refractivity (Wildman–Crippen MR) is 60.8 cm³/mol. The Kier molecular flexibility index (Phi) is 2.45. The summed E-state index contributed by atoms with van der Waals surface area (Å²) in [5.74, 6) is 2.29. The van der Waals surface area contributed by atoms with E-state index >= 15 is 0 Å². The van der Waals surface area contributed by atoms with E-state index in [1.807, 2.05) is 0 Å². The van der Waals surface area contributed by atoms with Gasteiger partial charge < -0.3 is 4.84 Å². The van der Waals surface area contributed by atoms with Gasteiger partial charge in [-0.3, -0.25) is 0 Å². The van der Waals surface area contributed by atoms with Crippen LogP contribution < -0.4 is 0 Å². The number of nitrogens with zero attached hydrogens (tertiary/aromatic N) is 1. The lowest BCUT2D eigenvalue weighted by molar-refractivity contribution is 0.0721. The van der Waals surface area contributed by atoms with Crippen LogP contribution in [-0.2, 0) is 4.84 Å².